The Balaban J connectivity index is 0. The number of carbonyl (C=O) groups excluding carboxylic acids is 1. The van der Waals surface area contributed by atoms with Gasteiger partial charge in [0.05, 0.1) is 0 Å². The molecule has 0 fully saturated rings. The maximum atomic E-state index is 8.99. The van der Waals surface area contributed by atoms with Crippen LogP contribution in [-0.4, -0.2) is 28.9 Å². The topological polar surface area (TPSA) is 46.3 Å². The predicted molar refractivity (Wildman–Crippen MR) is 58.1 cm³/mol. The standard InChI is InChI=1S/C8H19N.CH2ClNO/c1-6-9(7(2)3)8(4)5;2-1(3)4/h7-8H,6H2,1-5H3;(H2,3,4). The van der Waals surface area contributed by atoms with E-state index in [1.165, 1.54) is 0 Å². The lowest BCUT2D eigenvalue weighted by Crippen LogP contribution is -2.36. The van der Waals surface area contributed by atoms with Crippen LogP contribution in [-0.2, 0) is 0 Å². The molecule has 0 aromatic heterocycles. The second kappa shape index (κ2) is 8.32. The molecule has 0 saturated carbocycles. The zero-order valence-corrected chi connectivity index (χ0v) is 9.93. The summed E-state index contributed by atoms with van der Waals surface area (Å²) in [6.45, 7) is 12.3. The van der Waals surface area contributed by atoms with Crippen LogP contribution in [0.1, 0.15) is 34.6 Å². The third kappa shape index (κ3) is 11.7. The van der Waals surface area contributed by atoms with Crippen molar-refractivity contribution in [1.82, 2.24) is 4.90 Å². The fourth-order valence-corrected chi connectivity index (χ4v) is 1.33. The van der Waals surface area contributed by atoms with Gasteiger partial charge in [0.25, 0.3) is 0 Å². The molecule has 0 heterocycles. The molecule has 80 valence electrons. The van der Waals surface area contributed by atoms with E-state index in [2.05, 4.69) is 56.9 Å². The van der Waals surface area contributed by atoms with Gasteiger partial charge in [0.2, 0.25) is 0 Å². The van der Waals surface area contributed by atoms with Crippen LogP contribution in [0.15, 0.2) is 0 Å². The molecule has 3 nitrogen and oxygen atoms in total. The fraction of sp³-hybridized carbons (Fsp3) is 0.889. The van der Waals surface area contributed by atoms with E-state index in [0.29, 0.717) is 12.1 Å². The van der Waals surface area contributed by atoms with Gasteiger partial charge in [0.1, 0.15) is 0 Å². The largest absolute Gasteiger partial charge is 0.356 e. The van der Waals surface area contributed by atoms with Crippen molar-refractivity contribution < 1.29 is 4.79 Å². The molecule has 0 aliphatic rings. The Kier molecular flexibility index (Phi) is 9.74. The number of nitrogens with zero attached hydrogens (tertiary/aromatic N) is 1. The van der Waals surface area contributed by atoms with Crippen molar-refractivity contribution in [3.05, 3.63) is 0 Å². The molecular formula is C9H21ClN2O. The zero-order valence-electron chi connectivity index (χ0n) is 9.17. The second-order valence-corrected chi connectivity index (χ2v) is 3.69. The number of primary amides is 1. The van der Waals surface area contributed by atoms with Gasteiger partial charge in [-0.25, -0.2) is 0 Å². The Hall–Kier alpha value is -0.280. The molecule has 2 N–H and O–H groups in total. The highest BCUT2D eigenvalue weighted by molar-refractivity contribution is 6.62. The summed E-state index contributed by atoms with van der Waals surface area (Å²) in [5.41, 5.74) is 4.24. The number of nitrogens with two attached hydrogens (primary N) is 1. The summed E-state index contributed by atoms with van der Waals surface area (Å²) in [4.78, 5) is 11.4. The number of hydrogen-bond donors (Lipinski definition) is 1. The van der Waals surface area contributed by atoms with Crippen LogP contribution in [0.3, 0.4) is 0 Å². The van der Waals surface area contributed by atoms with Gasteiger partial charge in [0, 0.05) is 12.1 Å². The summed E-state index contributed by atoms with van der Waals surface area (Å²) >= 11 is 4.41. The molecule has 0 aliphatic carbocycles. The molecule has 0 aromatic carbocycles. The summed E-state index contributed by atoms with van der Waals surface area (Å²) < 4.78 is 0. The molecule has 0 rings (SSSR count). The van der Waals surface area contributed by atoms with Gasteiger partial charge in [-0.15, -0.1) is 0 Å². The number of carbonyl (C=O) groups is 1. The number of amides is 1. The lowest BCUT2D eigenvalue weighted by molar-refractivity contribution is 0.185. The first-order chi connectivity index (χ1) is 5.82. The molecule has 0 spiro atoms. The van der Waals surface area contributed by atoms with E-state index in [9.17, 15) is 0 Å². The lowest BCUT2D eigenvalue weighted by atomic mass is 10.2. The molecule has 0 aliphatic heterocycles. The summed E-state index contributed by atoms with van der Waals surface area (Å²) in [7, 11) is 0. The van der Waals surface area contributed by atoms with Gasteiger partial charge in [-0.05, 0) is 45.8 Å². The molecule has 0 bridgehead atoms. The third-order valence-corrected chi connectivity index (χ3v) is 1.69. The quantitative estimate of drug-likeness (QED) is 0.572. The van der Waals surface area contributed by atoms with E-state index in [-0.39, 0.29) is 0 Å². The molecule has 0 atom stereocenters. The van der Waals surface area contributed by atoms with Gasteiger partial charge in [-0.1, -0.05) is 6.92 Å². The predicted octanol–water partition coefficient (Wildman–Crippen LogP) is 2.43. The molecule has 4 heteroatoms. The highest BCUT2D eigenvalue weighted by Gasteiger charge is 2.08. The Bertz CT molecular complexity index is 126. The Labute approximate surface area is 86.2 Å². The number of rotatable bonds is 3. The van der Waals surface area contributed by atoms with E-state index in [1.54, 1.807) is 0 Å². The molecule has 0 radical (unpaired) electrons. The smallest absolute Gasteiger partial charge is 0.311 e. The van der Waals surface area contributed by atoms with Crippen molar-refractivity contribution in [3.8, 4) is 0 Å². The van der Waals surface area contributed by atoms with Gasteiger partial charge in [0.15, 0.2) is 0 Å². The van der Waals surface area contributed by atoms with Crippen molar-refractivity contribution in [1.29, 1.82) is 0 Å². The second-order valence-electron chi connectivity index (χ2n) is 3.32. The van der Waals surface area contributed by atoms with Crippen LogP contribution in [0.5, 0.6) is 0 Å². The zero-order chi connectivity index (χ0) is 11.0. The minimum Gasteiger partial charge on any atom is -0.356 e. The molecule has 13 heavy (non-hydrogen) atoms. The fourth-order valence-electron chi connectivity index (χ4n) is 1.33. The average molecular weight is 209 g/mol. The summed E-state index contributed by atoms with van der Waals surface area (Å²) in [5.74, 6) is 0. The van der Waals surface area contributed by atoms with Crippen molar-refractivity contribution in [2.75, 3.05) is 6.54 Å². The van der Waals surface area contributed by atoms with Crippen molar-refractivity contribution in [2.45, 2.75) is 46.7 Å². The van der Waals surface area contributed by atoms with Crippen molar-refractivity contribution >= 4 is 17.0 Å². The molecule has 0 aromatic rings. The van der Waals surface area contributed by atoms with Gasteiger partial charge < -0.3 is 5.73 Å². The first kappa shape index (κ1) is 15.2. The van der Waals surface area contributed by atoms with E-state index in [1.807, 2.05) is 0 Å². The van der Waals surface area contributed by atoms with Crippen LogP contribution < -0.4 is 5.73 Å². The Morgan fingerprint density at radius 3 is 1.54 bits per heavy atom. The normalized spacial score (nSPS) is 10.2. The average Bonchev–Trinajstić information content (AvgIpc) is 1.84. The van der Waals surface area contributed by atoms with Crippen LogP contribution in [0.4, 0.5) is 4.79 Å². The summed E-state index contributed by atoms with van der Waals surface area (Å²) in [6, 6.07) is 1.38. The van der Waals surface area contributed by atoms with Crippen molar-refractivity contribution in [2.24, 2.45) is 5.73 Å². The number of halogens is 1. The highest BCUT2D eigenvalue weighted by atomic mass is 35.5. The summed E-state index contributed by atoms with van der Waals surface area (Å²) in [5, 5.41) is -0.861. The first-order valence-electron chi connectivity index (χ1n) is 4.53. The van der Waals surface area contributed by atoms with Gasteiger partial charge in [-0.2, -0.15) is 0 Å². The summed E-state index contributed by atoms with van der Waals surface area (Å²) in [6.07, 6.45) is 0. The van der Waals surface area contributed by atoms with E-state index < -0.39 is 5.37 Å². The molecular weight excluding hydrogens is 188 g/mol. The van der Waals surface area contributed by atoms with Crippen LogP contribution in [0.2, 0.25) is 0 Å². The molecule has 0 unspecified atom stereocenters. The minimum absolute atomic E-state index is 0.690. The lowest BCUT2D eigenvalue weighted by Gasteiger charge is -2.28. The maximum Gasteiger partial charge on any atom is 0.311 e. The Morgan fingerprint density at radius 2 is 1.54 bits per heavy atom. The van der Waals surface area contributed by atoms with Gasteiger partial charge in [-0.3, -0.25) is 9.69 Å². The van der Waals surface area contributed by atoms with E-state index in [4.69, 9.17) is 4.79 Å². The minimum atomic E-state index is -0.861. The van der Waals surface area contributed by atoms with E-state index in [0.717, 1.165) is 6.54 Å². The molecule has 0 saturated heterocycles. The van der Waals surface area contributed by atoms with Crippen LogP contribution in [0.25, 0.3) is 0 Å². The van der Waals surface area contributed by atoms with Crippen LogP contribution in [0, 0.1) is 0 Å². The monoisotopic (exact) mass is 208 g/mol. The SMILES string of the molecule is CCN(C(C)C)C(C)C.NC(=O)Cl. The molecule has 1 amide bonds. The number of hydrogen-bond acceptors (Lipinski definition) is 2. The van der Waals surface area contributed by atoms with E-state index >= 15 is 0 Å². The third-order valence-electron chi connectivity index (χ3n) is 1.69. The first-order valence-corrected chi connectivity index (χ1v) is 4.91. The van der Waals surface area contributed by atoms with Crippen LogP contribution >= 0.6 is 11.6 Å². The Morgan fingerprint density at radius 1 is 1.31 bits per heavy atom. The van der Waals surface area contributed by atoms with Crippen molar-refractivity contribution in [3.63, 3.8) is 0 Å². The van der Waals surface area contributed by atoms with Gasteiger partial charge >= 0.3 is 5.37 Å². The maximum absolute atomic E-state index is 8.99. The highest BCUT2D eigenvalue weighted by Crippen LogP contribution is 2.02.